The van der Waals surface area contributed by atoms with Gasteiger partial charge >= 0.3 is 7.12 Å². The average molecular weight is 245 g/mol. The topological polar surface area (TPSA) is 125 Å². The SMILES string of the molecule is O=c1ccn([C@@H]2O[C@H](CO)[C@@H](O)[C@H]2O)c(=O)[nH]1.[H+]. The van der Waals surface area contributed by atoms with Crippen molar-refractivity contribution in [2.75, 3.05) is 6.61 Å². The predicted molar refractivity (Wildman–Crippen MR) is 55.4 cm³/mol. The highest BCUT2D eigenvalue weighted by atomic mass is 16.6. The summed E-state index contributed by atoms with van der Waals surface area (Å²) in [7, 11) is 0. The van der Waals surface area contributed by atoms with Crippen molar-refractivity contribution in [2.45, 2.75) is 24.5 Å². The summed E-state index contributed by atoms with van der Waals surface area (Å²) in [5, 5.41) is 28.1. The molecule has 8 nitrogen and oxygen atoms in total. The molecule has 1 aromatic heterocycles. The quantitative estimate of drug-likeness (QED) is 0.448. The summed E-state index contributed by atoms with van der Waals surface area (Å²) in [6, 6.07) is 1.09. The van der Waals surface area contributed by atoms with Gasteiger partial charge in [-0.3, -0.25) is 14.3 Å². The maximum Gasteiger partial charge on any atom is 1.00 e. The Morgan fingerprint density at radius 1 is 1.41 bits per heavy atom. The van der Waals surface area contributed by atoms with Gasteiger partial charge in [0.05, 0.1) is 6.61 Å². The number of nitrogens with one attached hydrogen (secondary N) is 1. The molecule has 0 aromatic carbocycles. The van der Waals surface area contributed by atoms with Gasteiger partial charge in [-0.25, -0.2) is 4.79 Å². The zero-order valence-electron chi connectivity index (χ0n) is 9.68. The lowest BCUT2D eigenvalue weighted by Crippen LogP contribution is -2.37. The number of ether oxygens (including phenoxy) is 1. The lowest BCUT2D eigenvalue weighted by Gasteiger charge is -2.16. The van der Waals surface area contributed by atoms with E-state index in [1.54, 1.807) is 0 Å². The van der Waals surface area contributed by atoms with Crippen LogP contribution in [0.25, 0.3) is 0 Å². The fourth-order valence-electron chi connectivity index (χ4n) is 1.74. The number of nitrogens with zero attached hydrogens (tertiary/aromatic N) is 1. The van der Waals surface area contributed by atoms with Gasteiger partial charge < -0.3 is 20.1 Å². The molecule has 0 saturated carbocycles. The molecule has 1 saturated heterocycles. The van der Waals surface area contributed by atoms with Crippen molar-refractivity contribution < 1.29 is 21.5 Å². The van der Waals surface area contributed by atoms with Crippen LogP contribution in [0, 0.1) is 0 Å². The molecule has 0 spiro atoms. The van der Waals surface area contributed by atoms with E-state index in [4.69, 9.17) is 9.84 Å². The highest BCUT2D eigenvalue weighted by molar-refractivity contribution is 4.92. The third-order valence-corrected chi connectivity index (χ3v) is 2.64. The molecular formula is C9H13N2O6+. The van der Waals surface area contributed by atoms with Gasteiger partial charge in [0.25, 0.3) is 5.56 Å². The lowest BCUT2D eigenvalue weighted by molar-refractivity contribution is -0.0550. The summed E-state index contributed by atoms with van der Waals surface area (Å²) in [5.74, 6) is 0. The first-order valence-corrected chi connectivity index (χ1v) is 4.98. The smallest absolute Gasteiger partial charge is 0.394 e. The van der Waals surface area contributed by atoms with Gasteiger partial charge in [0.2, 0.25) is 0 Å². The van der Waals surface area contributed by atoms with Gasteiger partial charge in [-0.2, -0.15) is 0 Å². The maximum absolute atomic E-state index is 11.4. The summed E-state index contributed by atoms with van der Waals surface area (Å²) in [6.45, 7) is -0.479. The van der Waals surface area contributed by atoms with E-state index in [-0.39, 0.29) is 1.43 Å². The number of aliphatic hydroxyl groups excluding tert-OH is 3. The van der Waals surface area contributed by atoms with Crippen LogP contribution >= 0.6 is 0 Å². The molecule has 1 fully saturated rings. The van der Waals surface area contributed by atoms with Crippen LogP contribution in [-0.2, 0) is 4.74 Å². The molecule has 0 bridgehead atoms. The monoisotopic (exact) mass is 245 g/mol. The van der Waals surface area contributed by atoms with Gasteiger partial charge in [-0.15, -0.1) is 0 Å². The second kappa shape index (κ2) is 4.41. The van der Waals surface area contributed by atoms with Crippen LogP contribution in [0.5, 0.6) is 0 Å². The first-order chi connectivity index (χ1) is 8.04. The molecule has 1 aromatic rings. The molecule has 1 aliphatic heterocycles. The summed E-state index contributed by atoms with van der Waals surface area (Å²) >= 11 is 0. The summed E-state index contributed by atoms with van der Waals surface area (Å²) in [5.41, 5.74) is -1.33. The van der Waals surface area contributed by atoms with Crippen molar-refractivity contribution >= 4 is 0 Å². The van der Waals surface area contributed by atoms with Crippen LogP contribution in [0.15, 0.2) is 21.9 Å². The van der Waals surface area contributed by atoms with Crippen molar-refractivity contribution in [1.29, 1.82) is 0 Å². The minimum Gasteiger partial charge on any atom is -0.394 e. The standard InChI is InChI=1S/C9H12N2O6/c12-3-4-6(14)7(15)8(17-4)11-2-1-5(13)10-9(11)16/h1-2,4,6-8,12,14-15H,3H2,(H,10,13,16)/p+1/t4-,6-,7-,8-/m1/s1. The molecule has 8 heteroatoms. The van der Waals surface area contributed by atoms with E-state index < -0.39 is 42.4 Å². The number of aromatic nitrogens is 2. The molecule has 0 radical (unpaired) electrons. The molecule has 2 heterocycles. The average Bonchev–Trinajstić information content (AvgIpc) is 2.57. The Balaban J connectivity index is 0.00000162. The molecule has 0 unspecified atom stereocenters. The van der Waals surface area contributed by atoms with Gasteiger partial charge in [-0.05, 0) is 0 Å². The van der Waals surface area contributed by atoms with Crippen LogP contribution in [0.3, 0.4) is 0 Å². The number of hydrogen-bond donors (Lipinski definition) is 4. The van der Waals surface area contributed by atoms with Crippen LogP contribution in [0.1, 0.15) is 7.65 Å². The summed E-state index contributed by atoms with van der Waals surface area (Å²) in [4.78, 5) is 24.3. The first kappa shape index (κ1) is 12.0. The van der Waals surface area contributed by atoms with Gasteiger partial charge in [0.1, 0.15) is 18.3 Å². The Bertz CT molecular complexity index is 514. The van der Waals surface area contributed by atoms with Crippen molar-refractivity contribution in [1.82, 2.24) is 9.55 Å². The number of hydrogen-bond acceptors (Lipinski definition) is 6. The Morgan fingerprint density at radius 2 is 2.12 bits per heavy atom. The van der Waals surface area contributed by atoms with E-state index in [1.807, 2.05) is 4.98 Å². The molecule has 1 aliphatic rings. The second-order valence-corrected chi connectivity index (χ2v) is 3.75. The second-order valence-electron chi connectivity index (χ2n) is 3.75. The van der Waals surface area contributed by atoms with Gasteiger partial charge in [-0.1, -0.05) is 0 Å². The highest BCUT2D eigenvalue weighted by Gasteiger charge is 2.43. The first-order valence-electron chi connectivity index (χ1n) is 4.98. The van der Waals surface area contributed by atoms with E-state index in [0.29, 0.717) is 0 Å². The number of aromatic amines is 1. The molecule has 4 atom stereocenters. The number of H-pyrrole nitrogens is 1. The van der Waals surface area contributed by atoms with Crippen molar-refractivity contribution in [3.8, 4) is 0 Å². The zero-order valence-corrected chi connectivity index (χ0v) is 8.68. The molecule has 2 rings (SSSR count). The Morgan fingerprint density at radius 3 is 2.65 bits per heavy atom. The van der Waals surface area contributed by atoms with Crippen LogP contribution in [0.4, 0.5) is 0 Å². The van der Waals surface area contributed by atoms with Crippen molar-refractivity contribution in [3.05, 3.63) is 33.1 Å². The van der Waals surface area contributed by atoms with E-state index in [1.165, 1.54) is 0 Å². The van der Waals surface area contributed by atoms with E-state index in [9.17, 15) is 19.8 Å². The fraction of sp³-hybridized carbons (Fsp3) is 0.556. The predicted octanol–water partition coefficient (Wildman–Crippen LogP) is -2.74. The van der Waals surface area contributed by atoms with Crippen LogP contribution in [-0.4, -0.2) is 49.8 Å². The zero-order chi connectivity index (χ0) is 12.6. The molecule has 4 N–H and O–H groups in total. The van der Waals surface area contributed by atoms with Crippen molar-refractivity contribution in [2.24, 2.45) is 0 Å². The Kier molecular flexibility index (Phi) is 3.11. The van der Waals surface area contributed by atoms with E-state index in [2.05, 4.69) is 0 Å². The summed E-state index contributed by atoms with van der Waals surface area (Å²) < 4.78 is 6.08. The van der Waals surface area contributed by atoms with Crippen LogP contribution < -0.4 is 11.2 Å². The third-order valence-electron chi connectivity index (χ3n) is 2.64. The van der Waals surface area contributed by atoms with Gasteiger partial charge in [0, 0.05) is 12.3 Å². The summed E-state index contributed by atoms with van der Waals surface area (Å²) in [6.07, 6.45) is -3.58. The minimum atomic E-state index is -1.35. The lowest BCUT2D eigenvalue weighted by atomic mass is 10.1. The van der Waals surface area contributed by atoms with E-state index in [0.717, 1.165) is 16.8 Å². The minimum absolute atomic E-state index is 0. The fourth-order valence-corrected chi connectivity index (χ4v) is 1.74. The van der Waals surface area contributed by atoms with Crippen molar-refractivity contribution in [3.63, 3.8) is 0 Å². The molecular weight excluding hydrogens is 232 g/mol. The largest absolute Gasteiger partial charge is 1.00 e. The molecule has 94 valence electrons. The third kappa shape index (κ3) is 2.03. The number of aliphatic hydroxyl groups is 3. The number of rotatable bonds is 2. The Hall–Kier alpha value is -1.48. The highest BCUT2D eigenvalue weighted by Crippen LogP contribution is 2.27. The van der Waals surface area contributed by atoms with Gasteiger partial charge in [0.15, 0.2) is 6.23 Å². The van der Waals surface area contributed by atoms with E-state index >= 15 is 0 Å². The molecule has 0 amide bonds. The van der Waals surface area contributed by atoms with Crippen LogP contribution in [0.2, 0.25) is 0 Å². The Labute approximate surface area is 96.2 Å². The molecule has 17 heavy (non-hydrogen) atoms. The maximum atomic E-state index is 11.4. The normalized spacial score (nSPS) is 32.9. The molecule has 0 aliphatic carbocycles.